The zero-order valence-electron chi connectivity index (χ0n) is 10.0. The standard InChI is InChI=1S/C11H9N5O4/c12-10-8(15(17)18)6-9(16(19)20)11(14-10)13-7-4-2-1-3-5-7/h1-6H,(H3,12,13,14). The molecule has 9 nitrogen and oxygen atoms in total. The molecule has 0 aliphatic rings. The Hall–Kier alpha value is -3.23. The topological polar surface area (TPSA) is 137 Å². The third-order valence-corrected chi connectivity index (χ3v) is 2.44. The Morgan fingerprint density at radius 3 is 2.20 bits per heavy atom. The highest BCUT2D eigenvalue weighted by atomic mass is 16.6. The van der Waals surface area contributed by atoms with Gasteiger partial charge in [-0.3, -0.25) is 20.2 Å². The van der Waals surface area contributed by atoms with Gasteiger partial charge in [-0.2, -0.15) is 0 Å². The van der Waals surface area contributed by atoms with E-state index in [4.69, 9.17) is 5.73 Å². The molecular formula is C11H9N5O4. The monoisotopic (exact) mass is 275 g/mol. The maximum Gasteiger partial charge on any atom is 0.318 e. The van der Waals surface area contributed by atoms with Gasteiger partial charge in [0.1, 0.15) is 6.07 Å². The second-order valence-corrected chi connectivity index (χ2v) is 3.77. The Morgan fingerprint density at radius 1 is 1.05 bits per heavy atom. The minimum atomic E-state index is -0.818. The molecule has 102 valence electrons. The fourth-order valence-electron chi connectivity index (χ4n) is 1.54. The number of nitrogen functional groups attached to an aromatic ring is 1. The molecule has 0 atom stereocenters. The van der Waals surface area contributed by atoms with Crippen molar-refractivity contribution in [2.75, 3.05) is 11.1 Å². The van der Waals surface area contributed by atoms with Crippen LogP contribution in [0.5, 0.6) is 0 Å². The van der Waals surface area contributed by atoms with E-state index in [-0.39, 0.29) is 11.6 Å². The molecular weight excluding hydrogens is 266 g/mol. The molecule has 0 bridgehead atoms. The van der Waals surface area contributed by atoms with Crippen molar-refractivity contribution in [1.29, 1.82) is 0 Å². The number of nitrogens with two attached hydrogens (primary N) is 1. The predicted octanol–water partition coefficient (Wildman–Crippen LogP) is 2.22. The van der Waals surface area contributed by atoms with Crippen LogP contribution in [0.4, 0.5) is 28.7 Å². The number of aromatic nitrogens is 1. The Bertz CT molecular complexity index is 674. The van der Waals surface area contributed by atoms with E-state index in [9.17, 15) is 20.2 Å². The Morgan fingerprint density at radius 2 is 1.65 bits per heavy atom. The van der Waals surface area contributed by atoms with Crippen LogP contribution in [0, 0.1) is 20.2 Å². The number of nitrogens with zero attached hydrogens (tertiary/aromatic N) is 3. The summed E-state index contributed by atoms with van der Waals surface area (Å²) in [5, 5.41) is 24.4. The van der Waals surface area contributed by atoms with Crippen LogP contribution < -0.4 is 11.1 Å². The number of anilines is 3. The van der Waals surface area contributed by atoms with E-state index in [1.807, 2.05) is 0 Å². The second-order valence-electron chi connectivity index (χ2n) is 3.77. The molecule has 0 aliphatic carbocycles. The number of hydrogen-bond donors (Lipinski definition) is 2. The molecule has 0 aliphatic heterocycles. The fourth-order valence-corrected chi connectivity index (χ4v) is 1.54. The van der Waals surface area contributed by atoms with E-state index in [1.54, 1.807) is 30.3 Å². The van der Waals surface area contributed by atoms with E-state index < -0.39 is 21.2 Å². The lowest BCUT2D eigenvalue weighted by atomic mass is 10.3. The van der Waals surface area contributed by atoms with Crippen LogP contribution in [0.15, 0.2) is 36.4 Å². The number of nitro groups is 2. The summed E-state index contributed by atoms with van der Waals surface area (Å²) in [7, 11) is 0. The van der Waals surface area contributed by atoms with E-state index in [0.29, 0.717) is 5.69 Å². The van der Waals surface area contributed by atoms with Gasteiger partial charge in [-0.25, -0.2) is 4.98 Å². The van der Waals surface area contributed by atoms with Gasteiger partial charge < -0.3 is 11.1 Å². The third kappa shape index (κ3) is 2.61. The van der Waals surface area contributed by atoms with Crippen LogP contribution >= 0.6 is 0 Å². The molecule has 1 aromatic heterocycles. The van der Waals surface area contributed by atoms with E-state index in [0.717, 1.165) is 6.07 Å². The summed E-state index contributed by atoms with van der Waals surface area (Å²) in [6, 6.07) is 9.35. The first-order chi connectivity index (χ1) is 9.49. The van der Waals surface area contributed by atoms with Crippen molar-refractivity contribution < 1.29 is 9.85 Å². The summed E-state index contributed by atoms with van der Waals surface area (Å²) in [5.74, 6) is -0.539. The highest BCUT2D eigenvalue weighted by molar-refractivity contribution is 5.72. The molecule has 0 spiro atoms. The van der Waals surface area contributed by atoms with Gasteiger partial charge >= 0.3 is 11.4 Å². The van der Waals surface area contributed by atoms with Gasteiger partial charge in [0.25, 0.3) is 0 Å². The van der Waals surface area contributed by atoms with Gasteiger partial charge in [0.05, 0.1) is 9.85 Å². The van der Waals surface area contributed by atoms with E-state index in [2.05, 4.69) is 10.3 Å². The molecule has 1 aromatic carbocycles. The predicted molar refractivity (Wildman–Crippen MR) is 71.7 cm³/mol. The SMILES string of the molecule is Nc1nc(Nc2ccccc2)c([N+](=O)[O-])cc1[N+](=O)[O-]. The van der Waals surface area contributed by atoms with Crippen LogP contribution in [0.25, 0.3) is 0 Å². The Balaban J connectivity index is 2.49. The zero-order chi connectivity index (χ0) is 14.7. The summed E-state index contributed by atoms with van der Waals surface area (Å²) < 4.78 is 0. The average molecular weight is 275 g/mol. The molecule has 2 aromatic rings. The van der Waals surface area contributed by atoms with Gasteiger partial charge in [-0.05, 0) is 12.1 Å². The Kier molecular flexibility index (Phi) is 3.42. The summed E-state index contributed by atoms with van der Waals surface area (Å²) in [4.78, 5) is 23.8. The first-order valence-corrected chi connectivity index (χ1v) is 5.40. The van der Waals surface area contributed by atoms with Gasteiger partial charge in [-0.15, -0.1) is 0 Å². The molecule has 0 amide bonds. The van der Waals surface area contributed by atoms with Crippen LogP contribution in [0.2, 0.25) is 0 Å². The van der Waals surface area contributed by atoms with Crippen molar-refractivity contribution in [2.24, 2.45) is 0 Å². The molecule has 0 unspecified atom stereocenters. The molecule has 0 saturated carbocycles. The smallest absolute Gasteiger partial charge is 0.318 e. The molecule has 2 rings (SSSR count). The summed E-state index contributed by atoms with van der Waals surface area (Å²) in [6.07, 6.45) is 0. The number of pyridine rings is 1. The number of nitrogens with one attached hydrogen (secondary N) is 1. The maximum absolute atomic E-state index is 11.0. The normalized spacial score (nSPS) is 10.0. The average Bonchev–Trinajstić information content (AvgIpc) is 2.39. The first kappa shape index (κ1) is 13.2. The van der Waals surface area contributed by atoms with Crippen molar-refractivity contribution in [3.8, 4) is 0 Å². The number of rotatable bonds is 4. The van der Waals surface area contributed by atoms with Gasteiger partial charge in [0.15, 0.2) is 0 Å². The molecule has 0 radical (unpaired) electrons. The van der Waals surface area contributed by atoms with Crippen molar-refractivity contribution >= 4 is 28.7 Å². The number of hydrogen-bond acceptors (Lipinski definition) is 7. The van der Waals surface area contributed by atoms with Gasteiger partial charge in [0.2, 0.25) is 11.6 Å². The van der Waals surface area contributed by atoms with Gasteiger partial charge in [-0.1, -0.05) is 18.2 Å². The maximum atomic E-state index is 11.0. The van der Waals surface area contributed by atoms with Crippen LogP contribution in [-0.4, -0.2) is 14.8 Å². The van der Waals surface area contributed by atoms with E-state index in [1.165, 1.54) is 0 Å². The molecule has 0 fully saturated rings. The quantitative estimate of drug-likeness (QED) is 0.644. The van der Waals surface area contributed by atoms with Crippen molar-refractivity contribution in [2.45, 2.75) is 0 Å². The number of para-hydroxylation sites is 1. The van der Waals surface area contributed by atoms with E-state index >= 15 is 0 Å². The molecule has 0 saturated heterocycles. The van der Waals surface area contributed by atoms with Crippen molar-refractivity contribution in [3.05, 3.63) is 56.6 Å². The highest BCUT2D eigenvalue weighted by Gasteiger charge is 2.24. The van der Waals surface area contributed by atoms with Crippen LogP contribution in [0.1, 0.15) is 0 Å². The summed E-state index contributed by atoms with van der Waals surface area (Å²) >= 11 is 0. The minimum Gasteiger partial charge on any atom is -0.378 e. The second kappa shape index (κ2) is 5.18. The molecule has 3 N–H and O–H groups in total. The summed E-state index contributed by atoms with van der Waals surface area (Å²) in [5.41, 5.74) is 4.86. The van der Waals surface area contributed by atoms with Crippen molar-refractivity contribution in [1.82, 2.24) is 4.98 Å². The largest absolute Gasteiger partial charge is 0.378 e. The lowest BCUT2D eigenvalue weighted by molar-refractivity contribution is -0.393. The summed E-state index contributed by atoms with van der Waals surface area (Å²) in [6.45, 7) is 0. The minimum absolute atomic E-state index is 0.149. The molecule has 1 heterocycles. The highest BCUT2D eigenvalue weighted by Crippen LogP contribution is 2.32. The van der Waals surface area contributed by atoms with Crippen molar-refractivity contribution in [3.63, 3.8) is 0 Å². The first-order valence-electron chi connectivity index (χ1n) is 5.40. The zero-order valence-corrected chi connectivity index (χ0v) is 10.0. The number of benzene rings is 1. The van der Waals surface area contributed by atoms with Crippen LogP contribution in [0.3, 0.4) is 0 Å². The lowest BCUT2D eigenvalue weighted by Gasteiger charge is -2.06. The molecule has 9 heteroatoms. The van der Waals surface area contributed by atoms with Crippen LogP contribution in [-0.2, 0) is 0 Å². The molecule has 20 heavy (non-hydrogen) atoms. The fraction of sp³-hybridized carbons (Fsp3) is 0. The Labute approximate surface area is 112 Å². The van der Waals surface area contributed by atoms with Gasteiger partial charge in [0, 0.05) is 5.69 Å². The lowest BCUT2D eigenvalue weighted by Crippen LogP contribution is -2.05. The third-order valence-electron chi connectivity index (χ3n) is 2.44.